The van der Waals surface area contributed by atoms with E-state index in [4.69, 9.17) is 9.47 Å². The maximum absolute atomic E-state index is 12.9. The lowest BCUT2D eigenvalue weighted by atomic mass is 10.0. The van der Waals surface area contributed by atoms with E-state index in [1.54, 1.807) is 42.6 Å². The quantitative estimate of drug-likeness (QED) is 0.462. The summed E-state index contributed by atoms with van der Waals surface area (Å²) in [6, 6.07) is 12.9. The van der Waals surface area contributed by atoms with Crippen molar-refractivity contribution in [2.24, 2.45) is 0 Å². The predicted octanol–water partition coefficient (Wildman–Crippen LogP) is 3.33. The van der Waals surface area contributed by atoms with Gasteiger partial charge in [0.25, 0.3) is 0 Å². The molecule has 1 aliphatic heterocycles. The second-order valence-corrected chi connectivity index (χ2v) is 9.07. The van der Waals surface area contributed by atoms with Gasteiger partial charge in [0.1, 0.15) is 0 Å². The lowest BCUT2D eigenvalue weighted by Crippen LogP contribution is -2.04. The van der Waals surface area contributed by atoms with E-state index in [2.05, 4.69) is 15.2 Å². The van der Waals surface area contributed by atoms with Gasteiger partial charge in [0.15, 0.2) is 22.9 Å². The Morgan fingerprint density at radius 1 is 0.968 bits per heavy atom. The minimum atomic E-state index is -3.69. The molecule has 0 spiro atoms. The number of carbonyl (C=O) groups excluding carboxylic acids is 1. The third-order valence-electron chi connectivity index (χ3n) is 5.14. The van der Waals surface area contributed by atoms with E-state index in [0.29, 0.717) is 35.6 Å². The van der Waals surface area contributed by atoms with Crippen molar-refractivity contribution >= 4 is 26.7 Å². The second-order valence-electron chi connectivity index (χ2n) is 7.12. The van der Waals surface area contributed by atoms with E-state index in [9.17, 15) is 13.2 Å². The summed E-state index contributed by atoms with van der Waals surface area (Å²) < 4.78 is 36.3. The van der Waals surface area contributed by atoms with E-state index in [0.717, 1.165) is 10.9 Å². The molecular formula is C22H17N3O5S. The molecule has 5 rings (SSSR count). The van der Waals surface area contributed by atoms with Crippen LogP contribution in [0.5, 0.6) is 11.5 Å². The molecule has 0 radical (unpaired) electrons. The van der Waals surface area contributed by atoms with Crippen LogP contribution in [0.25, 0.3) is 11.0 Å². The Labute approximate surface area is 177 Å². The largest absolute Gasteiger partial charge is 0.454 e. The molecule has 0 saturated heterocycles. The summed E-state index contributed by atoms with van der Waals surface area (Å²) in [6.45, 7) is 0.0816. The number of Topliss-reactive ketones (excluding diaryl/α,β-unsaturated/α-hetero) is 1. The highest BCUT2D eigenvalue weighted by molar-refractivity contribution is 7.91. The molecule has 2 aromatic heterocycles. The number of aromatic nitrogens is 3. The van der Waals surface area contributed by atoms with E-state index in [1.807, 2.05) is 0 Å². The second kappa shape index (κ2) is 7.51. The Kier molecular flexibility index (Phi) is 4.67. The topological polar surface area (TPSA) is 111 Å². The number of carbonyl (C=O) groups is 1. The molecule has 156 valence electrons. The van der Waals surface area contributed by atoms with Gasteiger partial charge in [-0.15, -0.1) is 0 Å². The first-order valence-corrected chi connectivity index (χ1v) is 11.0. The zero-order valence-corrected chi connectivity index (χ0v) is 17.1. The first kappa shape index (κ1) is 19.3. The fourth-order valence-electron chi connectivity index (χ4n) is 3.41. The van der Waals surface area contributed by atoms with Crippen molar-refractivity contribution < 1.29 is 22.7 Å². The number of fused-ring (bicyclic) bond motifs is 2. The Morgan fingerprint density at radius 3 is 2.58 bits per heavy atom. The van der Waals surface area contributed by atoms with Crippen LogP contribution < -0.4 is 9.47 Å². The highest BCUT2D eigenvalue weighted by atomic mass is 32.2. The molecule has 0 amide bonds. The summed E-state index contributed by atoms with van der Waals surface area (Å²) >= 11 is 0. The van der Waals surface area contributed by atoms with E-state index < -0.39 is 9.84 Å². The molecule has 0 unspecified atom stereocenters. The number of ether oxygens (including phenoxy) is 2. The number of aryl methyl sites for hydroxylation is 1. The average molecular weight is 435 g/mol. The first-order valence-electron chi connectivity index (χ1n) is 9.57. The van der Waals surface area contributed by atoms with Crippen LogP contribution in [0.4, 0.5) is 0 Å². The van der Waals surface area contributed by atoms with Gasteiger partial charge in [-0.05, 0) is 42.3 Å². The molecule has 1 aliphatic rings. The van der Waals surface area contributed by atoms with E-state index in [1.165, 1.54) is 18.3 Å². The monoisotopic (exact) mass is 435 g/mol. The van der Waals surface area contributed by atoms with Crippen LogP contribution in [0.15, 0.2) is 70.7 Å². The average Bonchev–Trinajstić information content (AvgIpc) is 3.45. The smallest absolute Gasteiger partial charge is 0.231 e. The molecule has 0 bridgehead atoms. The van der Waals surface area contributed by atoms with Crippen molar-refractivity contribution in [3.05, 3.63) is 72.1 Å². The lowest BCUT2D eigenvalue weighted by molar-refractivity contribution is 0.0982. The lowest BCUT2D eigenvalue weighted by Gasteiger charge is -2.07. The summed E-state index contributed by atoms with van der Waals surface area (Å²) in [6.07, 6.45) is 3.94. The zero-order valence-electron chi connectivity index (χ0n) is 16.2. The summed E-state index contributed by atoms with van der Waals surface area (Å²) in [5.41, 5.74) is 2.03. The van der Waals surface area contributed by atoms with Gasteiger partial charge in [-0.3, -0.25) is 9.89 Å². The molecule has 1 N–H and O–H groups in total. The molecule has 4 aromatic rings. The molecule has 2 aromatic carbocycles. The Balaban J connectivity index is 1.28. The first-order chi connectivity index (χ1) is 15.0. The Bertz CT molecular complexity index is 1390. The molecule has 9 heteroatoms. The molecule has 0 fully saturated rings. The van der Waals surface area contributed by atoms with Crippen molar-refractivity contribution in [1.82, 2.24) is 15.2 Å². The number of pyridine rings is 1. The summed E-state index contributed by atoms with van der Waals surface area (Å²) in [4.78, 5) is 17.0. The van der Waals surface area contributed by atoms with Crippen LogP contribution in [0.3, 0.4) is 0 Å². The van der Waals surface area contributed by atoms with Crippen LogP contribution in [-0.2, 0) is 16.3 Å². The standard InChI is InChI=1S/C22H17N3O5S/c26-19(15-9-16-12-24-25-22(16)23-11-15)7-3-14-1-4-17(5-2-14)31(27,28)18-6-8-20-21(10-18)30-13-29-20/h1-2,4-6,8-12H,3,7,13H2,(H,23,24,25). The third-order valence-corrected chi connectivity index (χ3v) is 6.91. The van der Waals surface area contributed by atoms with Crippen LogP contribution >= 0.6 is 0 Å². The van der Waals surface area contributed by atoms with Crippen LogP contribution in [0, 0.1) is 0 Å². The van der Waals surface area contributed by atoms with Gasteiger partial charge in [0.2, 0.25) is 16.6 Å². The van der Waals surface area contributed by atoms with Gasteiger partial charge in [-0.1, -0.05) is 12.1 Å². The minimum Gasteiger partial charge on any atom is -0.454 e. The fraction of sp³-hybridized carbons (Fsp3) is 0.136. The SMILES string of the molecule is O=C(CCc1ccc(S(=O)(=O)c2ccc3c(c2)OCO3)cc1)c1cnc2[nH]ncc2c1. The predicted molar refractivity (Wildman–Crippen MR) is 111 cm³/mol. The number of H-pyrrole nitrogens is 1. The summed E-state index contributed by atoms with van der Waals surface area (Å²) in [7, 11) is -3.69. The molecule has 8 nitrogen and oxygen atoms in total. The van der Waals surface area contributed by atoms with Gasteiger partial charge >= 0.3 is 0 Å². The van der Waals surface area contributed by atoms with Crippen LogP contribution in [-0.4, -0.2) is 36.2 Å². The van der Waals surface area contributed by atoms with E-state index in [-0.39, 0.29) is 22.4 Å². The molecular weight excluding hydrogens is 418 g/mol. The third kappa shape index (κ3) is 3.64. The van der Waals surface area contributed by atoms with Crippen LogP contribution in [0.1, 0.15) is 22.3 Å². The normalized spacial score (nSPS) is 12.9. The highest BCUT2D eigenvalue weighted by Gasteiger charge is 2.22. The number of hydrogen-bond acceptors (Lipinski definition) is 7. The van der Waals surface area contributed by atoms with Gasteiger partial charge in [-0.25, -0.2) is 13.4 Å². The molecule has 3 heterocycles. The van der Waals surface area contributed by atoms with Crippen LogP contribution in [0.2, 0.25) is 0 Å². The molecule has 31 heavy (non-hydrogen) atoms. The fourth-order valence-corrected chi connectivity index (χ4v) is 4.68. The number of ketones is 1. The van der Waals surface area contributed by atoms with Crippen molar-refractivity contribution in [1.29, 1.82) is 0 Å². The number of sulfone groups is 1. The number of hydrogen-bond donors (Lipinski definition) is 1. The molecule has 0 aliphatic carbocycles. The number of rotatable bonds is 6. The van der Waals surface area contributed by atoms with E-state index >= 15 is 0 Å². The van der Waals surface area contributed by atoms with Crippen molar-refractivity contribution in [2.75, 3.05) is 6.79 Å². The Morgan fingerprint density at radius 2 is 1.74 bits per heavy atom. The maximum Gasteiger partial charge on any atom is 0.231 e. The highest BCUT2D eigenvalue weighted by Crippen LogP contribution is 2.35. The van der Waals surface area contributed by atoms with Crippen molar-refractivity contribution in [3.63, 3.8) is 0 Å². The van der Waals surface area contributed by atoms with Crippen molar-refractivity contribution in [3.8, 4) is 11.5 Å². The summed E-state index contributed by atoms with van der Waals surface area (Å²) in [5.74, 6) is 0.910. The van der Waals surface area contributed by atoms with Gasteiger partial charge < -0.3 is 9.47 Å². The van der Waals surface area contributed by atoms with Gasteiger partial charge in [0, 0.05) is 29.6 Å². The summed E-state index contributed by atoms with van der Waals surface area (Å²) in [5, 5.41) is 7.43. The van der Waals surface area contributed by atoms with Gasteiger partial charge in [0.05, 0.1) is 16.0 Å². The van der Waals surface area contributed by atoms with Gasteiger partial charge in [-0.2, -0.15) is 5.10 Å². The maximum atomic E-state index is 12.9. The number of nitrogens with one attached hydrogen (secondary N) is 1. The molecule has 0 saturated carbocycles. The number of benzene rings is 2. The zero-order chi connectivity index (χ0) is 21.4. The molecule has 0 atom stereocenters. The Hall–Kier alpha value is -3.72. The van der Waals surface area contributed by atoms with Crippen molar-refractivity contribution in [2.45, 2.75) is 22.6 Å². The number of aromatic amines is 1. The number of nitrogens with zero attached hydrogens (tertiary/aromatic N) is 2. The minimum absolute atomic E-state index is 0.0346.